The van der Waals surface area contributed by atoms with E-state index in [0.717, 1.165) is 19.1 Å². The maximum Gasteiger partial charge on any atom is 0.294 e. The van der Waals surface area contributed by atoms with Gasteiger partial charge in [-0.1, -0.05) is 68.7 Å². The Bertz CT molecular complexity index is 671. The van der Waals surface area contributed by atoms with Crippen molar-refractivity contribution in [3.8, 4) is 0 Å². The Labute approximate surface area is 199 Å². The first-order chi connectivity index (χ1) is 15.9. The van der Waals surface area contributed by atoms with Crippen molar-refractivity contribution in [1.82, 2.24) is 0 Å². The molecule has 7 heteroatoms. The van der Waals surface area contributed by atoms with Crippen LogP contribution in [0, 0.1) is 12.8 Å². The van der Waals surface area contributed by atoms with E-state index in [2.05, 4.69) is 48.4 Å². The minimum absolute atomic E-state index is 0.268. The molecule has 33 heavy (non-hydrogen) atoms. The van der Waals surface area contributed by atoms with Crippen LogP contribution >= 0.6 is 0 Å². The average molecular weight is 470 g/mol. The number of allylic oxidation sites excluding steroid dienone is 4. The van der Waals surface area contributed by atoms with Crippen LogP contribution in [0.5, 0.6) is 0 Å². The van der Waals surface area contributed by atoms with Gasteiger partial charge in [-0.3, -0.25) is 0 Å². The minimum Gasteiger partial charge on any atom is -0.507 e. The fourth-order valence-electron chi connectivity index (χ4n) is 3.24. The monoisotopic (exact) mass is 469 g/mol. The number of halogens is 2. The number of hydrogen-bond donors (Lipinski definition) is 4. The predicted molar refractivity (Wildman–Crippen MR) is 136 cm³/mol. The smallest absolute Gasteiger partial charge is 0.294 e. The number of aryl methyl sites for hydroxylation is 2. The van der Waals surface area contributed by atoms with Gasteiger partial charge in [-0.2, -0.15) is 5.10 Å². The van der Waals surface area contributed by atoms with Gasteiger partial charge in [0, 0.05) is 13.5 Å². The number of amidine groups is 1. The molecule has 5 nitrogen and oxygen atoms in total. The largest absolute Gasteiger partial charge is 0.507 e. The highest BCUT2D eigenvalue weighted by molar-refractivity contribution is 5.79. The van der Waals surface area contributed by atoms with E-state index in [0.29, 0.717) is 19.3 Å². The molecule has 0 aliphatic heterocycles. The molecule has 0 aromatic heterocycles. The third-order valence-corrected chi connectivity index (χ3v) is 4.87. The van der Waals surface area contributed by atoms with Gasteiger partial charge in [0.1, 0.15) is 5.84 Å². The number of nitrogens with zero attached hydrogens (tertiary/aromatic N) is 1. The van der Waals surface area contributed by atoms with Crippen molar-refractivity contribution in [2.75, 3.05) is 7.11 Å². The molecule has 0 amide bonds. The molecule has 0 bridgehead atoms. The summed E-state index contributed by atoms with van der Waals surface area (Å²) in [5.41, 5.74) is 8.08. The fraction of sp³-hybridized carbons (Fsp3) is 0.577. The topological polar surface area (TPSA) is 105 Å². The number of rotatable bonds is 9. The number of alkyl halides is 2. The lowest BCUT2D eigenvalue weighted by atomic mass is 10.0. The Morgan fingerprint density at radius 1 is 1.18 bits per heavy atom. The summed E-state index contributed by atoms with van der Waals surface area (Å²) >= 11 is 0. The van der Waals surface area contributed by atoms with Gasteiger partial charge in [0.2, 0.25) is 0 Å². The van der Waals surface area contributed by atoms with Crippen LogP contribution in [0.4, 0.5) is 8.78 Å². The van der Waals surface area contributed by atoms with Crippen LogP contribution in [0.3, 0.4) is 0 Å². The van der Waals surface area contributed by atoms with Gasteiger partial charge in [0.05, 0.1) is 0 Å². The number of benzene rings is 1. The van der Waals surface area contributed by atoms with E-state index >= 15 is 0 Å². The van der Waals surface area contributed by atoms with Crippen LogP contribution in [0.25, 0.3) is 0 Å². The summed E-state index contributed by atoms with van der Waals surface area (Å²) in [6, 6.07) is 8.85. The Morgan fingerprint density at radius 2 is 1.82 bits per heavy atom. The first kappa shape index (κ1) is 32.8. The van der Waals surface area contributed by atoms with Crippen LogP contribution < -0.4 is 11.6 Å². The lowest BCUT2D eigenvalue weighted by molar-refractivity contribution is 0.128. The van der Waals surface area contributed by atoms with Crippen LogP contribution in [-0.4, -0.2) is 29.6 Å². The molecular weight excluding hydrogens is 424 g/mol. The van der Waals surface area contributed by atoms with E-state index in [1.54, 1.807) is 0 Å². The molecule has 6 N–H and O–H groups in total. The zero-order valence-electron chi connectivity index (χ0n) is 20.8. The lowest BCUT2D eigenvalue weighted by Crippen LogP contribution is -2.13. The average Bonchev–Trinajstić information content (AvgIpc) is 3.36. The molecule has 0 unspecified atom stereocenters. The molecule has 1 aromatic carbocycles. The first-order valence-corrected chi connectivity index (χ1v) is 11.8. The van der Waals surface area contributed by atoms with E-state index in [1.807, 2.05) is 13.8 Å². The normalized spacial score (nSPS) is 14.2. The zero-order valence-corrected chi connectivity index (χ0v) is 20.8. The van der Waals surface area contributed by atoms with Crippen molar-refractivity contribution < 1.29 is 19.0 Å². The van der Waals surface area contributed by atoms with E-state index in [-0.39, 0.29) is 5.84 Å². The van der Waals surface area contributed by atoms with E-state index in [1.165, 1.54) is 49.7 Å². The van der Waals surface area contributed by atoms with Crippen molar-refractivity contribution in [1.29, 1.82) is 0 Å². The maximum absolute atomic E-state index is 11.7. The number of hydrogen-bond acceptors (Lipinski definition) is 4. The second-order valence-electron chi connectivity index (χ2n) is 7.44. The molecule has 2 rings (SSSR count). The summed E-state index contributed by atoms with van der Waals surface area (Å²) in [7, 11) is 1.00. The highest BCUT2D eigenvalue weighted by Crippen LogP contribution is 2.25. The van der Waals surface area contributed by atoms with Crippen LogP contribution in [0.15, 0.2) is 53.4 Å². The third-order valence-electron chi connectivity index (χ3n) is 4.87. The van der Waals surface area contributed by atoms with E-state index in [9.17, 15) is 8.78 Å². The fourth-order valence-corrected chi connectivity index (χ4v) is 3.24. The summed E-state index contributed by atoms with van der Waals surface area (Å²) < 4.78 is 23.4. The Morgan fingerprint density at radius 3 is 2.36 bits per heavy atom. The molecule has 0 atom stereocenters. The molecule has 190 valence electrons. The minimum atomic E-state index is -2.81. The van der Waals surface area contributed by atoms with Crippen molar-refractivity contribution in [3.63, 3.8) is 0 Å². The highest BCUT2D eigenvalue weighted by Gasteiger charge is 2.10. The maximum atomic E-state index is 11.7. The van der Waals surface area contributed by atoms with Crippen molar-refractivity contribution in [2.45, 2.75) is 85.0 Å². The number of aliphatic hydroxyl groups is 2. The van der Waals surface area contributed by atoms with Gasteiger partial charge >= 0.3 is 0 Å². The van der Waals surface area contributed by atoms with Crippen molar-refractivity contribution >= 4 is 5.84 Å². The molecule has 1 saturated carbocycles. The molecule has 0 heterocycles. The standard InChI is InChI=1S/C16H22.C7H13F2N3O.C2H6.CH4O/c1-14-7-6-12-16(13-14)11-5-4-10-15-8-2-3-9-15;8-7(9)5(13)3-1-2-4-6(10)12-11;2*1-2/h4,6-7,10,12-13,15H,2-3,5,8-9,11H2,1H3;3,7,13H,1-2,4,11H2,(H2,10,12);1-2H3;2H,1H3/b10-4+;5-3-;;. The number of unbranched alkanes of at least 4 members (excludes halogenated alkanes) is 1. The van der Waals surface area contributed by atoms with Crippen LogP contribution in [-0.2, 0) is 6.42 Å². The molecule has 1 aliphatic rings. The Balaban J connectivity index is 0. The second-order valence-corrected chi connectivity index (χ2v) is 7.44. The van der Waals surface area contributed by atoms with Gasteiger partial charge in [-0.05, 0) is 63.0 Å². The molecule has 0 radical (unpaired) electrons. The predicted octanol–water partition coefficient (Wildman–Crippen LogP) is 6.40. The first-order valence-electron chi connectivity index (χ1n) is 11.8. The molecule has 1 fully saturated rings. The molecule has 0 saturated heterocycles. The van der Waals surface area contributed by atoms with Gasteiger partial charge in [0.25, 0.3) is 6.43 Å². The third kappa shape index (κ3) is 18.8. The highest BCUT2D eigenvalue weighted by atomic mass is 19.3. The molecule has 1 aliphatic carbocycles. The number of hydrazone groups is 1. The van der Waals surface area contributed by atoms with Crippen molar-refractivity contribution in [3.05, 3.63) is 59.4 Å². The summed E-state index contributed by atoms with van der Waals surface area (Å²) in [6.45, 7) is 6.16. The quantitative estimate of drug-likeness (QED) is 0.0638. The van der Waals surface area contributed by atoms with Crippen molar-refractivity contribution in [2.24, 2.45) is 22.6 Å². The SMILES string of the molecule is CC.CO.Cc1cccc(CC/C=C/C2CCCC2)c1.N/N=C(\N)CCC/C=C(\O)C(F)F. The molecule has 0 spiro atoms. The van der Waals surface area contributed by atoms with Gasteiger partial charge in [0.15, 0.2) is 5.76 Å². The van der Waals surface area contributed by atoms with E-state index < -0.39 is 12.2 Å². The number of nitrogens with two attached hydrogens (primary N) is 2. The summed E-state index contributed by atoms with van der Waals surface area (Å²) in [5.74, 6) is 5.10. The molecule has 1 aromatic rings. The van der Waals surface area contributed by atoms with Crippen LogP contribution in [0.2, 0.25) is 0 Å². The van der Waals surface area contributed by atoms with Gasteiger partial charge in [-0.25, -0.2) is 8.78 Å². The van der Waals surface area contributed by atoms with Gasteiger partial charge < -0.3 is 21.8 Å². The summed E-state index contributed by atoms with van der Waals surface area (Å²) in [6.07, 6.45) is 12.5. The molecular formula is C26H45F2N3O2. The second kappa shape index (κ2) is 22.8. The van der Waals surface area contributed by atoms with Gasteiger partial charge in [-0.15, -0.1) is 0 Å². The van der Waals surface area contributed by atoms with E-state index in [4.69, 9.17) is 21.8 Å². The Kier molecular flexibility index (Phi) is 22.6. The summed E-state index contributed by atoms with van der Waals surface area (Å²) in [5, 5.41) is 18.8. The Hall–Kier alpha value is -2.41. The zero-order chi connectivity index (χ0) is 25.5. The van der Waals surface area contributed by atoms with Crippen LogP contribution in [0.1, 0.15) is 76.3 Å². The number of aliphatic hydroxyl groups excluding tert-OH is 2. The summed E-state index contributed by atoms with van der Waals surface area (Å²) in [4.78, 5) is 0. The lowest BCUT2D eigenvalue weighted by Gasteiger charge is -2.01.